The standard InChI is InChI=1S/C25H31BrN2O/c1-28(2,24-9-4-3-5-10-24)19-22-13-11-21(12-14-22)18-27-25(29)16-15-20-7-6-8-23(26)17-20/h6-8,11-17,24H,3-5,9-10,18-19H2,1-2H3/p+1. The molecule has 0 aromatic heterocycles. The summed E-state index contributed by atoms with van der Waals surface area (Å²) in [6, 6.07) is 17.3. The van der Waals surface area contributed by atoms with Crippen molar-refractivity contribution in [2.24, 2.45) is 0 Å². The molecule has 1 fully saturated rings. The highest BCUT2D eigenvalue weighted by Gasteiger charge is 2.29. The van der Waals surface area contributed by atoms with Crippen molar-refractivity contribution >= 4 is 27.9 Å². The van der Waals surface area contributed by atoms with E-state index >= 15 is 0 Å². The van der Waals surface area contributed by atoms with Gasteiger partial charge < -0.3 is 9.80 Å². The Balaban J connectivity index is 1.49. The van der Waals surface area contributed by atoms with Gasteiger partial charge in [0.15, 0.2) is 0 Å². The number of nitrogens with one attached hydrogen (secondary N) is 1. The summed E-state index contributed by atoms with van der Waals surface area (Å²) in [7, 11) is 4.73. The minimum absolute atomic E-state index is 0.0795. The number of hydrogen-bond donors (Lipinski definition) is 1. The minimum atomic E-state index is -0.0795. The Kier molecular flexibility index (Phi) is 7.68. The molecule has 4 heteroatoms. The average Bonchev–Trinajstić information content (AvgIpc) is 2.72. The predicted octanol–water partition coefficient (Wildman–Crippen LogP) is 5.69. The van der Waals surface area contributed by atoms with E-state index in [1.807, 2.05) is 30.3 Å². The lowest BCUT2D eigenvalue weighted by atomic mass is 9.92. The zero-order chi connectivity index (χ0) is 20.7. The Labute approximate surface area is 183 Å². The summed E-state index contributed by atoms with van der Waals surface area (Å²) in [5.74, 6) is -0.0795. The lowest BCUT2D eigenvalue weighted by Gasteiger charge is -2.40. The van der Waals surface area contributed by atoms with Crippen molar-refractivity contribution in [1.82, 2.24) is 5.32 Å². The maximum atomic E-state index is 12.1. The van der Waals surface area contributed by atoms with E-state index in [1.54, 1.807) is 6.08 Å². The van der Waals surface area contributed by atoms with Gasteiger partial charge in [-0.3, -0.25) is 4.79 Å². The first-order valence-electron chi connectivity index (χ1n) is 10.5. The van der Waals surface area contributed by atoms with E-state index in [-0.39, 0.29) is 5.91 Å². The van der Waals surface area contributed by atoms with Crippen molar-refractivity contribution in [2.45, 2.75) is 51.2 Å². The molecule has 1 aliphatic carbocycles. The van der Waals surface area contributed by atoms with Gasteiger partial charge in [0.25, 0.3) is 0 Å². The molecule has 0 radical (unpaired) electrons. The summed E-state index contributed by atoms with van der Waals surface area (Å²) >= 11 is 3.44. The third-order valence-electron chi connectivity index (χ3n) is 5.92. The second-order valence-corrected chi connectivity index (χ2v) is 9.57. The van der Waals surface area contributed by atoms with Gasteiger partial charge in [0.1, 0.15) is 6.54 Å². The molecule has 3 rings (SSSR count). The molecule has 1 N–H and O–H groups in total. The highest BCUT2D eigenvalue weighted by Crippen LogP contribution is 2.27. The first-order valence-corrected chi connectivity index (χ1v) is 11.3. The monoisotopic (exact) mass is 455 g/mol. The quantitative estimate of drug-likeness (QED) is 0.421. The molecule has 154 valence electrons. The van der Waals surface area contributed by atoms with Gasteiger partial charge in [-0.1, -0.05) is 58.7 Å². The summed E-state index contributed by atoms with van der Waals surface area (Å²) in [5.41, 5.74) is 3.49. The van der Waals surface area contributed by atoms with E-state index in [4.69, 9.17) is 0 Å². The molecule has 3 nitrogen and oxygen atoms in total. The fourth-order valence-electron chi connectivity index (χ4n) is 4.17. The Bertz CT molecular complexity index is 836. The van der Waals surface area contributed by atoms with Crippen molar-refractivity contribution in [3.63, 3.8) is 0 Å². The molecule has 2 aromatic rings. The summed E-state index contributed by atoms with van der Waals surface area (Å²) in [4.78, 5) is 12.1. The molecule has 0 heterocycles. The van der Waals surface area contributed by atoms with Crippen LogP contribution in [0.4, 0.5) is 0 Å². The molecule has 0 bridgehead atoms. The Hall–Kier alpha value is -1.91. The molecular weight excluding hydrogens is 424 g/mol. The van der Waals surface area contributed by atoms with Crippen LogP contribution in [-0.4, -0.2) is 30.5 Å². The Morgan fingerprint density at radius 2 is 1.76 bits per heavy atom. The van der Waals surface area contributed by atoms with Gasteiger partial charge in [0.05, 0.1) is 20.1 Å². The van der Waals surface area contributed by atoms with Crippen LogP contribution in [0.1, 0.15) is 48.8 Å². The molecule has 2 aromatic carbocycles. The summed E-state index contributed by atoms with van der Waals surface area (Å²) in [5, 5.41) is 2.96. The largest absolute Gasteiger partial charge is 0.348 e. The maximum absolute atomic E-state index is 12.1. The number of nitrogens with zero attached hydrogens (tertiary/aromatic N) is 1. The molecule has 29 heavy (non-hydrogen) atoms. The number of amides is 1. The fraction of sp³-hybridized carbons (Fsp3) is 0.400. The molecule has 1 aliphatic rings. The Morgan fingerprint density at radius 3 is 2.45 bits per heavy atom. The fourth-order valence-corrected chi connectivity index (χ4v) is 4.59. The zero-order valence-corrected chi connectivity index (χ0v) is 19.1. The topological polar surface area (TPSA) is 29.1 Å². The number of quaternary nitrogens is 1. The molecule has 0 saturated heterocycles. The van der Waals surface area contributed by atoms with Crippen molar-refractivity contribution in [3.8, 4) is 0 Å². The van der Waals surface area contributed by atoms with Gasteiger partial charge in [-0.25, -0.2) is 0 Å². The first kappa shape index (κ1) is 21.8. The van der Waals surface area contributed by atoms with Gasteiger partial charge in [0, 0.05) is 22.7 Å². The van der Waals surface area contributed by atoms with E-state index in [0.717, 1.165) is 32.7 Å². The summed E-state index contributed by atoms with van der Waals surface area (Å²) < 4.78 is 2.07. The van der Waals surface area contributed by atoms with Crippen molar-refractivity contribution < 1.29 is 9.28 Å². The smallest absolute Gasteiger partial charge is 0.244 e. The summed E-state index contributed by atoms with van der Waals surface area (Å²) in [6.07, 6.45) is 10.3. The number of benzene rings is 2. The molecule has 0 spiro atoms. The molecule has 1 saturated carbocycles. The van der Waals surface area contributed by atoms with Crippen LogP contribution in [0, 0.1) is 0 Å². The highest BCUT2D eigenvalue weighted by molar-refractivity contribution is 9.10. The van der Waals surface area contributed by atoms with Crippen molar-refractivity contribution in [1.29, 1.82) is 0 Å². The summed E-state index contributed by atoms with van der Waals surface area (Å²) in [6.45, 7) is 1.61. The SMILES string of the molecule is C[N+](C)(Cc1ccc(CNC(=O)C=Cc2cccc(Br)c2)cc1)C1CCCCC1. The van der Waals surface area contributed by atoms with Crippen LogP contribution < -0.4 is 5.32 Å². The van der Waals surface area contributed by atoms with E-state index in [0.29, 0.717) is 6.54 Å². The lowest BCUT2D eigenvalue weighted by Crippen LogP contribution is -2.48. The third-order valence-corrected chi connectivity index (χ3v) is 6.41. The average molecular weight is 456 g/mol. The van der Waals surface area contributed by atoms with E-state index in [1.165, 1.54) is 37.7 Å². The second-order valence-electron chi connectivity index (χ2n) is 8.65. The number of rotatable bonds is 7. The van der Waals surface area contributed by atoms with Crippen LogP contribution in [0.15, 0.2) is 59.1 Å². The molecule has 1 amide bonds. The van der Waals surface area contributed by atoms with Crippen LogP contribution in [0.25, 0.3) is 6.08 Å². The second kappa shape index (κ2) is 10.2. The van der Waals surface area contributed by atoms with Crippen LogP contribution in [-0.2, 0) is 17.9 Å². The van der Waals surface area contributed by atoms with Crippen LogP contribution in [0.3, 0.4) is 0 Å². The Morgan fingerprint density at radius 1 is 1.07 bits per heavy atom. The van der Waals surface area contributed by atoms with Gasteiger partial charge in [-0.2, -0.15) is 0 Å². The predicted molar refractivity (Wildman–Crippen MR) is 124 cm³/mol. The number of carbonyl (C=O) groups is 1. The van der Waals surface area contributed by atoms with Crippen molar-refractivity contribution in [2.75, 3.05) is 14.1 Å². The highest BCUT2D eigenvalue weighted by atomic mass is 79.9. The minimum Gasteiger partial charge on any atom is -0.348 e. The van der Waals surface area contributed by atoms with Crippen LogP contribution >= 0.6 is 15.9 Å². The molecule has 0 atom stereocenters. The molecule has 0 aliphatic heterocycles. The van der Waals surface area contributed by atoms with Crippen LogP contribution in [0.5, 0.6) is 0 Å². The van der Waals surface area contributed by atoms with E-state index < -0.39 is 0 Å². The van der Waals surface area contributed by atoms with Gasteiger partial charge in [-0.15, -0.1) is 0 Å². The number of hydrogen-bond acceptors (Lipinski definition) is 1. The number of carbonyl (C=O) groups excluding carboxylic acids is 1. The maximum Gasteiger partial charge on any atom is 0.244 e. The zero-order valence-electron chi connectivity index (χ0n) is 17.5. The third kappa shape index (κ3) is 6.83. The van der Waals surface area contributed by atoms with E-state index in [9.17, 15) is 4.79 Å². The normalized spacial score (nSPS) is 15.6. The van der Waals surface area contributed by atoms with E-state index in [2.05, 4.69) is 59.6 Å². The van der Waals surface area contributed by atoms with Crippen molar-refractivity contribution in [3.05, 3.63) is 75.8 Å². The number of halogens is 1. The molecular formula is C25H32BrN2O+. The van der Waals surface area contributed by atoms with Gasteiger partial charge >= 0.3 is 0 Å². The van der Waals surface area contributed by atoms with Crippen LogP contribution in [0.2, 0.25) is 0 Å². The van der Waals surface area contributed by atoms with Gasteiger partial charge in [0.2, 0.25) is 5.91 Å². The first-order chi connectivity index (χ1) is 13.9. The van der Waals surface area contributed by atoms with Gasteiger partial charge in [-0.05, 0) is 55.0 Å². The lowest BCUT2D eigenvalue weighted by molar-refractivity contribution is -0.929. The molecule has 0 unspecified atom stereocenters.